The van der Waals surface area contributed by atoms with Crippen LogP contribution in [0.2, 0.25) is 0 Å². The van der Waals surface area contributed by atoms with Crippen molar-refractivity contribution in [3.05, 3.63) is 45.0 Å². The summed E-state index contributed by atoms with van der Waals surface area (Å²) in [6.45, 7) is 0.420. The van der Waals surface area contributed by atoms with Crippen molar-refractivity contribution in [1.82, 2.24) is 15.1 Å². The van der Waals surface area contributed by atoms with Crippen molar-refractivity contribution in [3.63, 3.8) is 0 Å². The first-order valence-electron chi connectivity index (χ1n) is 6.11. The van der Waals surface area contributed by atoms with Gasteiger partial charge in [-0.15, -0.1) is 23.1 Å². The predicted molar refractivity (Wildman–Crippen MR) is 87.0 cm³/mol. The predicted octanol–water partition coefficient (Wildman–Crippen LogP) is 3.71. The second kappa shape index (κ2) is 6.69. The molecular weight excluding hydrogens is 372 g/mol. The van der Waals surface area contributed by atoms with Gasteiger partial charge in [-0.1, -0.05) is 17.3 Å². The van der Waals surface area contributed by atoms with E-state index < -0.39 is 0 Å². The van der Waals surface area contributed by atoms with E-state index in [2.05, 4.69) is 31.1 Å². The van der Waals surface area contributed by atoms with Gasteiger partial charge in [0, 0.05) is 21.3 Å². The maximum Gasteiger partial charge on any atom is 0.277 e. The van der Waals surface area contributed by atoms with Crippen LogP contribution in [0.5, 0.6) is 0 Å². The van der Waals surface area contributed by atoms with Gasteiger partial charge in [0.1, 0.15) is 10.7 Å². The van der Waals surface area contributed by atoms with Gasteiger partial charge in [-0.3, -0.25) is 0 Å². The van der Waals surface area contributed by atoms with Gasteiger partial charge in [0.05, 0.1) is 5.75 Å². The Hall–Kier alpha value is -1.22. The van der Waals surface area contributed by atoms with Gasteiger partial charge in [-0.25, -0.2) is 4.98 Å². The third-order valence-electron chi connectivity index (χ3n) is 2.61. The molecule has 3 rings (SSSR count). The minimum atomic E-state index is 0.420. The van der Waals surface area contributed by atoms with Crippen LogP contribution >= 0.6 is 39.0 Å². The zero-order valence-electron chi connectivity index (χ0n) is 10.8. The molecule has 0 saturated heterocycles. The third kappa shape index (κ3) is 3.52. The number of thioether (sulfide) groups is 1. The van der Waals surface area contributed by atoms with E-state index >= 15 is 0 Å². The lowest BCUT2D eigenvalue weighted by atomic mass is 10.4. The molecule has 8 heteroatoms. The lowest BCUT2D eigenvalue weighted by Gasteiger charge is -2.00. The third-order valence-corrected chi connectivity index (χ3v) is 5.50. The molecule has 108 valence electrons. The number of nitrogens with two attached hydrogens (primary N) is 1. The summed E-state index contributed by atoms with van der Waals surface area (Å²) in [6, 6.07) is 8.04. The lowest BCUT2D eigenvalue weighted by Crippen LogP contribution is -1.94. The standard InChI is InChI=1S/C13H11BrN4OS2/c14-8-3-1-2-4-10(8)20-7-11-17-13(19-18-11)9-6-21-12(5-15)16-9/h1-4,6H,5,7,15H2. The van der Waals surface area contributed by atoms with E-state index in [-0.39, 0.29) is 0 Å². The fraction of sp³-hybridized carbons (Fsp3) is 0.154. The van der Waals surface area contributed by atoms with Crippen LogP contribution in [-0.2, 0) is 12.3 Å². The van der Waals surface area contributed by atoms with Crippen LogP contribution in [0.3, 0.4) is 0 Å². The Balaban J connectivity index is 1.69. The Morgan fingerprint density at radius 1 is 1.29 bits per heavy atom. The maximum atomic E-state index is 5.55. The number of nitrogens with zero attached hydrogens (tertiary/aromatic N) is 3. The molecule has 3 aromatic rings. The molecule has 5 nitrogen and oxygen atoms in total. The molecule has 0 aliphatic heterocycles. The molecule has 21 heavy (non-hydrogen) atoms. The molecule has 0 aliphatic carbocycles. The van der Waals surface area contributed by atoms with Crippen molar-refractivity contribution in [1.29, 1.82) is 0 Å². The van der Waals surface area contributed by atoms with Gasteiger partial charge >= 0.3 is 0 Å². The van der Waals surface area contributed by atoms with Crippen LogP contribution in [-0.4, -0.2) is 15.1 Å². The second-order valence-corrected chi connectivity index (χ2v) is 6.88. The molecule has 0 bridgehead atoms. The van der Waals surface area contributed by atoms with E-state index in [4.69, 9.17) is 10.3 Å². The summed E-state index contributed by atoms with van der Waals surface area (Å²) in [7, 11) is 0. The Bertz CT molecular complexity index is 743. The number of thiazole rings is 1. The first kappa shape index (κ1) is 14.7. The maximum absolute atomic E-state index is 5.55. The van der Waals surface area contributed by atoms with Gasteiger partial charge in [-0.05, 0) is 28.1 Å². The molecule has 0 spiro atoms. The highest BCUT2D eigenvalue weighted by atomic mass is 79.9. The Morgan fingerprint density at radius 2 is 2.14 bits per heavy atom. The molecule has 0 unspecified atom stereocenters. The zero-order valence-corrected chi connectivity index (χ0v) is 14.0. The first-order chi connectivity index (χ1) is 10.3. The molecular formula is C13H11BrN4OS2. The molecule has 2 N–H and O–H groups in total. The number of hydrogen-bond acceptors (Lipinski definition) is 7. The highest BCUT2D eigenvalue weighted by Gasteiger charge is 2.12. The molecule has 0 saturated carbocycles. The minimum absolute atomic E-state index is 0.420. The number of hydrogen-bond donors (Lipinski definition) is 1. The van der Waals surface area contributed by atoms with Gasteiger partial charge in [0.2, 0.25) is 0 Å². The highest BCUT2D eigenvalue weighted by Crippen LogP contribution is 2.29. The van der Waals surface area contributed by atoms with Crippen molar-refractivity contribution in [2.24, 2.45) is 5.73 Å². The Kier molecular flexibility index (Phi) is 4.69. The molecule has 0 radical (unpaired) electrons. The summed E-state index contributed by atoms with van der Waals surface area (Å²) in [5, 5.41) is 6.71. The molecule has 0 aliphatic rings. The van der Waals surface area contributed by atoms with Crippen LogP contribution in [0.15, 0.2) is 43.5 Å². The Morgan fingerprint density at radius 3 is 2.90 bits per heavy atom. The van der Waals surface area contributed by atoms with Gasteiger partial charge in [-0.2, -0.15) is 4.98 Å². The number of rotatable bonds is 5. The molecule has 1 aromatic carbocycles. The van der Waals surface area contributed by atoms with Crippen molar-refractivity contribution in [2.75, 3.05) is 0 Å². The van der Waals surface area contributed by atoms with Gasteiger partial charge in [0.25, 0.3) is 5.89 Å². The van der Waals surface area contributed by atoms with Crippen LogP contribution in [0.4, 0.5) is 0 Å². The van der Waals surface area contributed by atoms with Gasteiger partial charge in [0.15, 0.2) is 5.82 Å². The number of aromatic nitrogens is 3. The van der Waals surface area contributed by atoms with Crippen molar-refractivity contribution < 1.29 is 4.52 Å². The fourth-order valence-corrected chi connectivity index (χ4v) is 3.68. The SMILES string of the molecule is NCc1nc(-c2nc(CSc3ccccc3Br)no2)cs1. The second-order valence-electron chi connectivity index (χ2n) is 4.07. The molecule has 2 heterocycles. The van der Waals surface area contributed by atoms with E-state index in [1.807, 2.05) is 29.6 Å². The highest BCUT2D eigenvalue weighted by molar-refractivity contribution is 9.10. The monoisotopic (exact) mass is 382 g/mol. The van der Waals surface area contributed by atoms with Crippen molar-refractivity contribution >= 4 is 39.0 Å². The van der Waals surface area contributed by atoms with E-state index in [0.29, 0.717) is 29.7 Å². The average molecular weight is 383 g/mol. The van der Waals surface area contributed by atoms with Crippen LogP contribution < -0.4 is 5.73 Å². The van der Waals surface area contributed by atoms with E-state index in [1.165, 1.54) is 11.3 Å². The van der Waals surface area contributed by atoms with Crippen LogP contribution in [0.25, 0.3) is 11.6 Å². The van der Waals surface area contributed by atoms with Crippen LogP contribution in [0.1, 0.15) is 10.8 Å². The smallest absolute Gasteiger partial charge is 0.277 e. The number of halogens is 1. The molecule has 0 amide bonds. The summed E-state index contributed by atoms with van der Waals surface area (Å²) in [5.41, 5.74) is 6.23. The van der Waals surface area contributed by atoms with Crippen molar-refractivity contribution in [2.45, 2.75) is 17.2 Å². The average Bonchev–Trinajstić information content (AvgIpc) is 3.15. The topological polar surface area (TPSA) is 77.8 Å². The first-order valence-corrected chi connectivity index (χ1v) is 8.77. The number of benzene rings is 1. The quantitative estimate of drug-likeness (QED) is 0.677. The van der Waals surface area contributed by atoms with Crippen molar-refractivity contribution in [3.8, 4) is 11.6 Å². The summed E-state index contributed by atoms with van der Waals surface area (Å²) >= 11 is 6.66. The summed E-state index contributed by atoms with van der Waals surface area (Å²) in [4.78, 5) is 9.83. The van der Waals surface area contributed by atoms with Crippen LogP contribution in [0, 0.1) is 0 Å². The van der Waals surface area contributed by atoms with E-state index in [1.54, 1.807) is 11.8 Å². The molecule has 0 atom stereocenters. The van der Waals surface area contributed by atoms with Gasteiger partial charge < -0.3 is 10.3 Å². The normalized spacial score (nSPS) is 11.0. The zero-order chi connectivity index (χ0) is 14.7. The minimum Gasteiger partial charge on any atom is -0.332 e. The summed E-state index contributed by atoms with van der Waals surface area (Å²) < 4.78 is 6.31. The largest absolute Gasteiger partial charge is 0.332 e. The van der Waals surface area contributed by atoms with E-state index in [0.717, 1.165) is 14.4 Å². The molecule has 0 fully saturated rings. The Labute approximate surface area is 138 Å². The van der Waals surface area contributed by atoms with E-state index in [9.17, 15) is 0 Å². The summed E-state index contributed by atoms with van der Waals surface area (Å²) in [6.07, 6.45) is 0. The fourth-order valence-electron chi connectivity index (χ4n) is 1.62. The molecule has 2 aromatic heterocycles. The summed E-state index contributed by atoms with van der Waals surface area (Å²) in [5.74, 6) is 1.72. The lowest BCUT2D eigenvalue weighted by molar-refractivity contribution is 0.424.